The zero-order valence-electron chi connectivity index (χ0n) is 12.0. The Morgan fingerprint density at radius 1 is 0.800 bits per heavy atom. The maximum absolute atomic E-state index is 5.42. The summed E-state index contributed by atoms with van der Waals surface area (Å²) in [4.78, 5) is 0. The first-order chi connectivity index (χ1) is 8.83. The molecule has 0 heterocycles. The van der Waals surface area contributed by atoms with Crippen molar-refractivity contribution in [1.82, 2.24) is 0 Å². The molecule has 0 aliphatic rings. The molecule has 0 N–H and O–H groups in total. The van der Waals surface area contributed by atoms with E-state index >= 15 is 0 Å². The van der Waals surface area contributed by atoms with Gasteiger partial charge in [0.1, 0.15) is 11.5 Å². The van der Waals surface area contributed by atoms with Crippen LogP contribution in [0.5, 0.6) is 11.5 Å². The van der Waals surface area contributed by atoms with Crippen LogP contribution in [-0.2, 0) is 21.1 Å². The average molecular weight is 440 g/mol. The minimum atomic E-state index is 0. The molecule has 20 heavy (non-hydrogen) atoms. The Morgan fingerprint density at radius 2 is 1.20 bits per heavy atom. The largest absolute Gasteiger partial charge is 2.00 e. The van der Waals surface area contributed by atoms with Gasteiger partial charge >= 0.3 is 21.1 Å². The van der Waals surface area contributed by atoms with Crippen molar-refractivity contribution in [1.29, 1.82) is 0 Å². The summed E-state index contributed by atoms with van der Waals surface area (Å²) in [6.07, 6.45) is 0. The van der Waals surface area contributed by atoms with Crippen molar-refractivity contribution >= 4 is 0 Å². The summed E-state index contributed by atoms with van der Waals surface area (Å²) in [6.45, 7) is 6.77. The standard InChI is InChI=1S/C16H17O2.CH3.W/c1-3-17-15-9-5-13(6-10-15)14-7-11-16(12-8-14)18-4-2;;/h5-12H,1,3-4H2,2H3;1H3;/q2*-1;+2. The van der Waals surface area contributed by atoms with Gasteiger partial charge in [0.25, 0.3) is 0 Å². The maximum atomic E-state index is 5.42. The van der Waals surface area contributed by atoms with Crippen LogP contribution < -0.4 is 9.47 Å². The van der Waals surface area contributed by atoms with E-state index in [1.807, 2.05) is 43.3 Å². The smallest absolute Gasteiger partial charge is 0.525 e. The Labute approximate surface area is 136 Å². The predicted molar refractivity (Wildman–Crippen MR) is 80.3 cm³/mol. The van der Waals surface area contributed by atoms with Gasteiger partial charge in [-0.05, 0) is 48.9 Å². The van der Waals surface area contributed by atoms with E-state index in [0.717, 1.165) is 17.1 Å². The van der Waals surface area contributed by atoms with Gasteiger partial charge in [0, 0.05) is 0 Å². The zero-order valence-corrected chi connectivity index (χ0v) is 14.9. The summed E-state index contributed by atoms with van der Waals surface area (Å²) in [5, 5.41) is 0. The van der Waals surface area contributed by atoms with Crippen LogP contribution in [0, 0.1) is 14.4 Å². The fraction of sp³-hybridized carbons (Fsp3) is 0.176. The van der Waals surface area contributed by atoms with E-state index in [1.165, 1.54) is 5.56 Å². The third kappa shape index (κ3) is 5.01. The third-order valence-corrected chi connectivity index (χ3v) is 2.62. The Morgan fingerprint density at radius 3 is 1.55 bits per heavy atom. The van der Waals surface area contributed by atoms with Crippen LogP contribution in [0.2, 0.25) is 0 Å². The first-order valence-corrected chi connectivity index (χ1v) is 6.09. The van der Waals surface area contributed by atoms with Gasteiger partial charge in [-0.25, -0.2) is 0 Å². The Hall–Kier alpha value is -1.27. The van der Waals surface area contributed by atoms with Crippen molar-refractivity contribution < 1.29 is 30.5 Å². The van der Waals surface area contributed by atoms with Crippen LogP contribution in [0.1, 0.15) is 6.92 Å². The molecule has 2 nitrogen and oxygen atoms in total. The molecule has 0 aliphatic heterocycles. The molecule has 0 radical (unpaired) electrons. The van der Waals surface area contributed by atoms with E-state index in [4.69, 9.17) is 9.47 Å². The molecular weight excluding hydrogens is 420 g/mol. The van der Waals surface area contributed by atoms with Gasteiger partial charge in [0.2, 0.25) is 0 Å². The van der Waals surface area contributed by atoms with Crippen molar-refractivity contribution in [2.24, 2.45) is 0 Å². The van der Waals surface area contributed by atoms with Gasteiger partial charge < -0.3 is 23.8 Å². The molecule has 0 spiro atoms. The fourth-order valence-corrected chi connectivity index (χ4v) is 1.77. The monoisotopic (exact) mass is 440 g/mol. The summed E-state index contributed by atoms with van der Waals surface area (Å²) in [5.41, 5.74) is 2.33. The van der Waals surface area contributed by atoms with Gasteiger partial charge in [-0.2, -0.15) is 0 Å². The van der Waals surface area contributed by atoms with Gasteiger partial charge in [-0.1, -0.05) is 24.3 Å². The average Bonchev–Trinajstić information content (AvgIpc) is 2.41. The predicted octanol–water partition coefficient (Wildman–Crippen LogP) is 4.41. The molecule has 106 valence electrons. The van der Waals surface area contributed by atoms with Crippen LogP contribution in [0.15, 0.2) is 48.5 Å². The molecule has 0 amide bonds. The molecule has 0 saturated heterocycles. The van der Waals surface area contributed by atoms with Crippen LogP contribution in [-0.4, -0.2) is 13.2 Å². The number of rotatable bonds is 5. The van der Waals surface area contributed by atoms with Crippen molar-refractivity contribution in [3.8, 4) is 22.6 Å². The molecule has 2 aromatic rings. The first-order valence-electron chi connectivity index (χ1n) is 6.09. The molecule has 2 rings (SSSR count). The van der Waals surface area contributed by atoms with Crippen molar-refractivity contribution in [3.05, 3.63) is 62.9 Å². The molecular formula is C17H20O2W. The second-order valence-electron chi connectivity index (χ2n) is 3.83. The van der Waals surface area contributed by atoms with Gasteiger partial charge in [0.05, 0.1) is 6.61 Å². The minimum absolute atomic E-state index is 0. The van der Waals surface area contributed by atoms with Crippen molar-refractivity contribution in [3.63, 3.8) is 0 Å². The van der Waals surface area contributed by atoms with Crippen LogP contribution >= 0.6 is 0 Å². The van der Waals surface area contributed by atoms with E-state index in [0.29, 0.717) is 13.2 Å². The molecule has 0 unspecified atom stereocenters. The van der Waals surface area contributed by atoms with E-state index < -0.39 is 0 Å². The Kier molecular flexibility index (Phi) is 8.99. The molecule has 3 heteroatoms. The number of hydrogen-bond acceptors (Lipinski definition) is 2. The van der Waals surface area contributed by atoms with Gasteiger partial charge in [-0.3, -0.25) is 0 Å². The van der Waals surface area contributed by atoms with E-state index in [9.17, 15) is 0 Å². The third-order valence-electron chi connectivity index (χ3n) is 2.62. The molecule has 0 bridgehead atoms. The van der Waals surface area contributed by atoms with E-state index in [1.54, 1.807) is 0 Å². The zero-order chi connectivity index (χ0) is 12.8. The Bertz CT molecular complexity index is 430. The second-order valence-corrected chi connectivity index (χ2v) is 3.83. The fourth-order valence-electron chi connectivity index (χ4n) is 1.77. The topological polar surface area (TPSA) is 18.5 Å². The SMILES string of the molecule is [CH2-]COc1ccc(-c2ccc(OCC)cc2)cc1.[CH3-].[W+2]. The summed E-state index contributed by atoms with van der Waals surface area (Å²) in [6, 6.07) is 16.1. The van der Waals surface area contributed by atoms with Crippen LogP contribution in [0.4, 0.5) is 0 Å². The quantitative estimate of drug-likeness (QED) is 0.642. The van der Waals surface area contributed by atoms with Gasteiger partial charge in [0.15, 0.2) is 0 Å². The maximum Gasteiger partial charge on any atom is 2.00 e. The normalized spacial score (nSPS) is 9.10. The number of hydrogen-bond donors (Lipinski definition) is 0. The van der Waals surface area contributed by atoms with Crippen LogP contribution in [0.25, 0.3) is 11.1 Å². The minimum Gasteiger partial charge on any atom is -0.525 e. The molecule has 0 atom stereocenters. The molecule has 0 saturated carbocycles. The first kappa shape index (κ1) is 18.7. The number of benzene rings is 2. The van der Waals surface area contributed by atoms with Crippen molar-refractivity contribution in [2.75, 3.05) is 13.2 Å². The van der Waals surface area contributed by atoms with Gasteiger partial charge in [-0.15, -0.1) is 0 Å². The summed E-state index contributed by atoms with van der Waals surface area (Å²) >= 11 is 0. The molecule has 0 aromatic heterocycles. The molecule has 0 fully saturated rings. The summed E-state index contributed by atoms with van der Waals surface area (Å²) in [5.74, 6) is 1.75. The molecule has 0 aliphatic carbocycles. The number of ether oxygens (including phenoxy) is 2. The Balaban J connectivity index is 0.00000180. The van der Waals surface area contributed by atoms with E-state index in [2.05, 4.69) is 19.1 Å². The molecule has 2 aromatic carbocycles. The van der Waals surface area contributed by atoms with Crippen LogP contribution in [0.3, 0.4) is 0 Å². The second kappa shape index (κ2) is 9.60. The summed E-state index contributed by atoms with van der Waals surface area (Å²) in [7, 11) is 0. The van der Waals surface area contributed by atoms with E-state index in [-0.39, 0.29) is 28.5 Å². The summed E-state index contributed by atoms with van der Waals surface area (Å²) < 4.78 is 10.7. The van der Waals surface area contributed by atoms with Crippen molar-refractivity contribution in [2.45, 2.75) is 6.92 Å².